The number of aromatic nitrogens is 1. The van der Waals surface area contributed by atoms with Gasteiger partial charge >= 0.3 is 0 Å². The fourth-order valence-electron chi connectivity index (χ4n) is 2.68. The molecule has 0 amide bonds. The minimum absolute atomic E-state index is 0.239. The second-order valence-electron chi connectivity index (χ2n) is 5.34. The first-order valence-electron chi connectivity index (χ1n) is 7.18. The highest BCUT2D eigenvalue weighted by Crippen LogP contribution is 2.37. The van der Waals surface area contributed by atoms with E-state index in [1.165, 1.54) is 32.1 Å². The molecule has 1 aliphatic carbocycles. The second-order valence-corrected chi connectivity index (χ2v) is 5.61. The lowest BCUT2D eigenvalue weighted by molar-refractivity contribution is 0.237. The SMILES string of the molecule is CCOc1cccc(NCC2(CCl)CCCCC2)n1. The third kappa shape index (κ3) is 4.00. The van der Waals surface area contributed by atoms with E-state index >= 15 is 0 Å². The normalized spacial score (nSPS) is 18.0. The maximum Gasteiger partial charge on any atom is 0.215 e. The van der Waals surface area contributed by atoms with Gasteiger partial charge in [-0.05, 0) is 25.8 Å². The minimum Gasteiger partial charge on any atom is -0.478 e. The average molecular weight is 283 g/mol. The molecule has 0 aromatic carbocycles. The van der Waals surface area contributed by atoms with Crippen LogP contribution < -0.4 is 10.1 Å². The van der Waals surface area contributed by atoms with Crippen molar-refractivity contribution in [1.82, 2.24) is 4.98 Å². The van der Waals surface area contributed by atoms with Crippen LogP contribution in [0.1, 0.15) is 39.0 Å². The molecule has 0 unspecified atom stereocenters. The Labute approximate surface area is 120 Å². The molecule has 0 bridgehead atoms. The number of rotatable bonds is 6. The summed E-state index contributed by atoms with van der Waals surface area (Å²) in [5.41, 5.74) is 0.239. The third-order valence-corrected chi connectivity index (χ3v) is 4.42. The number of halogens is 1. The van der Waals surface area contributed by atoms with Gasteiger partial charge in [0.2, 0.25) is 5.88 Å². The van der Waals surface area contributed by atoms with E-state index in [0.29, 0.717) is 12.5 Å². The van der Waals surface area contributed by atoms with Crippen molar-refractivity contribution in [2.75, 3.05) is 24.3 Å². The number of anilines is 1. The standard InChI is InChI=1S/C15H23ClN2O/c1-2-19-14-8-6-7-13(18-14)17-12-15(11-16)9-4-3-5-10-15/h6-8H,2-5,9-12H2,1H3,(H,17,18). The van der Waals surface area contributed by atoms with Crippen LogP contribution in [0.5, 0.6) is 5.88 Å². The maximum absolute atomic E-state index is 6.20. The molecular formula is C15H23ClN2O. The van der Waals surface area contributed by atoms with Crippen molar-refractivity contribution in [3.63, 3.8) is 0 Å². The predicted octanol–water partition coefficient (Wildman–Crippen LogP) is 4.08. The number of alkyl halides is 1. The first-order chi connectivity index (χ1) is 9.28. The smallest absolute Gasteiger partial charge is 0.215 e. The lowest BCUT2D eigenvalue weighted by Gasteiger charge is -2.35. The van der Waals surface area contributed by atoms with Gasteiger partial charge in [-0.3, -0.25) is 0 Å². The molecular weight excluding hydrogens is 260 g/mol. The highest BCUT2D eigenvalue weighted by atomic mass is 35.5. The van der Waals surface area contributed by atoms with Crippen molar-refractivity contribution in [3.8, 4) is 5.88 Å². The van der Waals surface area contributed by atoms with E-state index in [0.717, 1.165) is 18.2 Å². The lowest BCUT2D eigenvalue weighted by Crippen LogP contribution is -2.34. The van der Waals surface area contributed by atoms with Gasteiger partial charge in [0.15, 0.2) is 0 Å². The molecule has 1 N–H and O–H groups in total. The minimum atomic E-state index is 0.239. The third-order valence-electron chi connectivity index (χ3n) is 3.86. The molecule has 0 atom stereocenters. The van der Waals surface area contributed by atoms with Crippen molar-refractivity contribution >= 4 is 17.4 Å². The molecule has 1 aromatic heterocycles. The maximum atomic E-state index is 6.20. The summed E-state index contributed by atoms with van der Waals surface area (Å²) in [6.45, 7) is 3.51. The molecule has 2 rings (SSSR count). The Hall–Kier alpha value is -0.960. The fourth-order valence-corrected chi connectivity index (χ4v) is 3.04. The van der Waals surface area contributed by atoms with Gasteiger partial charge in [-0.1, -0.05) is 25.3 Å². The van der Waals surface area contributed by atoms with Crippen molar-refractivity contribution < 1.29 is 4.74 Å². The van der Waals surface area contributed by atoms with E-state index in [9.17, 15) is 0 Å². The summed E-state index contributed by atoms with van der Waals surface area (Å²) in [5, 5.41) is 3.43. The number of ether oxygens (including phenoxy) is 1. The van der Waals surface area contributed by atoms with Gasteiger partial charge < -0.3 is 10.1 Å². The predicted molar refractivity (Wildman–Crippen MR) is 80.1 cm³/mol. The van der Waals surface area contributed by atoms with Crippen molar-refractivity contribution in [1.29, 1.82) is 0 Å². The van der Waals surface area contributed by atoms with E-state index < -0.39 is 0 Å². The molecule has 1 aromatic rings. The van der Waals surface area contributed by atoms with Crippen LogP contribution in [-0.4, -0.2) is 24.0 Å². The quantitative estimate of drug-likeness (QED) is 0.798. The van der Waals surface area contributed by atoms with Gasteiger partial charge in [-0.2, -0.15) is 4.98 Å². The van der Waals surface area contributed by atoms with Crippen LogP contribution in [0.2, 0.25) is 0 Å². The van der Waals surface area contributed by atoms with Crippen LogP contribution >= 0.6 is 11.6 Å². The van der Waals surface area contributed by atoms with Gasteiger partial charge in [0.25, 0.3) is 0 Å². The monoisotopic (exact) mass is 282 g/mol. The van der Waals surface area contributed by atoms with Gasteiger partial charge in [-0.25, -0.2) is 0 Å². The van der Waals surface area contributed by atoms with Crippen LogP contribution in [0.4, 0.5) is 5.82 Å². The van der Waals surface area contributed by atoms with Crippen LogP contribution in [0.25, 0.3) is 0 Å². The zero-order valence-corrected chi connectivity index (χ0v) is 12.4. The molecule has 0 saturated heterocycles. The molecule has 0 spiro atoms. The lowest BCUT2D eigenvalue weighted by atomic mass is 9.75. The number of pyridine rings is 1. The molecule has 3 nitrogen and oxygen atoms in total. The van der Waals surface area contributed by atoms with E-state index in [4.69, 9.17) is 16.3 Å². The molecule has 0 radical (unpaired) electrons. The van der Waals surface area contributed by atoms with Gasteiger partial charge in [0.05, 0.1) is 6.61 Å². The molecule has 1 heterocycles. The molecule has 1 fully saturated rings. The Bertz CT molecular complexity index is 391. The zero-order valence-electron chi connectivity index (χ0n) is 11.6. The van der Waals surface area contributed by atoms with Crippen LogP contribution in [0.15, 0.2) is 18.2 Å². The van der Waals surface area contributed by atoms with Crippen molar-refractivity contribution in [3.05, 3.63) is 18.2 Å². The number of hydrogen-bond acceptors (Lipinski definition) is 3. The van der Waals surface area contributed by atoms with Crippen molar-refractivity contribution in [2.45, 2.75) is 39.0 Å². The van der Waals surface area contributed by atoms with E-state index in [-0.39, 0.29) is 5.41 Å². The highest BCUT2D eigenvalue weighted by molar-refractivity contribution is 6.18. The summed E-state index contributed by atoms with van der Waals surface area (Å²) in [4.78, 5) is 4.44. The number of nitrogens with zero attached hydrogens (tertiary/aromatic N) is 1. The highest BCUT2D eigenvalue weighted by Gasteiger charge is 2.30. The summed E-state index contributed by atoms with van der Waals surface area (Å²) in [7, 11) is 0. The van der Waals surface area contributed by atoms with E-state index in [1.54, 1.807) is 0 Å². The Morgan fingerprint density at radius 3 is 2.79 bits per heavy atom. The molecule has 19 heavy (non-hydrogen) atoms. The summed E-state index contributed by atoms with van der Waals surface area (Å²) >= 11 is 6.20. The topological polar surface area (TPSA) is 34.1 Å². The van der Waals surface area contributed by atoms with Gasteiger partial charge in [0, 0.05) is 23.9 Å². The molecule has 0 aliphatic heterocycles. The first kappa shape index (κ1) is 14.4. The Balaban J connectivity index is 1.94. The molecule has 106 valence electrons. The van der Waals surface area contributed by atoms with Gasteiger partial charge in [0.1, 0.15) is 5.82 Å². The Kier molecular flexibility index (Phi) is 5.32. The van der Waals surface area contributed by atoms with E-state index in [2.05, 4.69) is 10.3 Å². The number of hydrogen-bond donors (Lipinski definition) is 1. The van der Waals surface area contributed by atoms with Crippen molar-refractivity contribution in [2.24, 2.45) is 5.41 Å². The van der Waals surface area contributed by atoms with Crippen LogP contribution in [-0.2, 0) is 0 Å². The molecule has 4 heteroatoms. The summed E-state index contributed by atoms with van der Waals surface area (Å²) in [5.74, 6) is 2.28. The largest absolute Gasteiger partial charge is 0.478 e. The molecule has 1 saturated carbocycles. The second kappa shape index (κ2) is 6.99. The summed E-state index contributed by atoms with van der Waals surface area (Å²) in [6, 6.07) is 5.83. The average Bonchev–Trinajstić information content (AvgIpc) is 2.47. The van der Waals surface area contributed by atoms with Crippen LogP contribution in [0.3, 0.4) is 0 Å². The molecule has 1 aliphatic rings. The van der Waals surface area contributed by atoms with E-state index in [1.807, 2.05) is 25.1 Å². The Morgan fingerprint density at radius 1 is 1.32 bits per heavy atom. The first-order valence-corrected chi connectivity index (χ1v) is 7.71. The van der Waals surface area contributed by atoms with Crippen LogP contribution in [0, 0.1) is 5.41 Å². The number of nitrogens with one attached hydrogen (secondary N) is 1. The van der Waals surface area contributed by atoms with Gasteiger partial charge in [-0.15, -0.1) is 11.6 Å². The summed E-state index contributed by atoms with van der Waals surface area (Å²) < 4.78 is 5.41. The fraction of sp³-hybridized carbons (Fsp3) is 0.667. The Morgan fingerprint density at radius 2 is 2.11 bits per heavy atom. The summed E-state index contributed by atoms with van der Waals surface area (Å²) in [6.07, 6.45) is 6.36. The zero-order chi connectivity index (χ0) is 13.6.